The molecule has 4 rings (SSSR count). The molecule has 0 amide bonds. The molecule has 1 N–H and O–H groups in total. The van der Waals surface area contributed by atoms with Crippen LogP contribution in [0.25, 0.3) is 17.1 Å². The molecule has 1 aliphatic heterocycles. The number of nitrogens with zero attached hydrogens (tertiary/aromatic N) is 6. The SMILES string of the molecule is Cn1c(SCN2C=C(c3cccc(C#N)c3)ON2)nnc1-c1ccncc1. The maximum atomic E-state index is 9.02. The van der Waals surface area contributed by atoms with Crippen LogP contribution in [0.1, 0.15) is 11.1 Å². The van der Waals surface area contributed by atoms with Gasteiger partial charge in [-0.2, -0.15) is 5.26 Å². The van der Waals surface area contributed by atoms with Crippen molar-refractivity contribution in [3.63, 3.8) is 0 Å². The van der Waals surface area contributed by atoms with Crippen LogP contribution in [-0.4, -0.2) is 30.6 Å². The van der Waals surface area contributed by atoms with Gasteiger partial charge in [-0.25, -0.2) is 0 Å². The first-order valence-corrected chi connectivity index (χ1v) is 9.07. The largest absolute Gasteiger partial charge is 0.387 e. The lowest BCUT2D eigenvalue weighted by Crippen LogP contribution is -2.27. The van der Waals surface area contributed by atoms with Crippen LogP contribution < -0.4 is 5.59 Å². The van der Waals surface area contributed by atoms with Crippen molar-refractivity contribution >= 4 is 17.5 Å². The molecule has 0 aliphatic carbocycles. The molecule has 0 unspecified atom stereocenters. The molecule has 8 nitrogen and oxygen atoms in total. The van der Waals surface area contributed by atoms with E-state index in [0.29, 0.717) is 17.2 Å². The van der Waals surface area contributed by atoms with Gasteiger partial charge in [-0.1, -0.05) is 29.5 Å². The molecule has 0 atom stereocenters. The lowest BCUT2D eigenvalue weighted by Gasteiger charge is -2.12. The van der Waals surface area contributed by atoms with Crippen molar-refractivity contribution < 1.29 is 4.84 Å². The quantitative estimate of drug-likeness (QED) is 0.678. The second-order valence-corrected chi connectivity index (χ2v) is 6.64. The maximum absolute atomic E-state index is 9.02. The number of pyridine rings is 1. The Labute approximate surface area is 160 Å². The molecule has 1 aromatic carbocycles. The highest BCUT2D eigenvalue weighted by molar-refractivity contribution is 7.99. The smallest absolute Gasteiger partial charge is 0.193 e. The first-order chi connectivity index (χ1) is 13.2. The van der Waals surface area contributed by atoms with E-state index in [1.54, 1.807) is 29.5 Å². The maximum Gasteiger partial charge on any atom is 0.193 e. The molecule has 3 aromatic rings. The molecule has 1 aliphatic rings. The zero-order chi connectivity index (χ0) is 18.6. The van der Waals surface area contributed by atoms with Crippen molar-refractivity contribution in [1.82, 2.24) is 30.3 Å². The normalized spacial score (nSPS) is 13.2. The van der Waals surface area contributed by atoms with Crippen molar-refractivity contribution in [3.05, 3.63) is 66.1 Å². The van der Waals surface area contributed by atoms with Gasteiger partial charge in [-0.05, 0) is 24.3 Å². The number of hydrazine groups is 1. The van der Waals surface area contributed by atoms with Gasteiger partial charge in [0.15, 0.2) is 16.7 Å². The van der Waals surface area contributed by atoms with Crippen LogP contribution in [0.5, 0.6) is 0 Å². The Balaban J connectivity index is 1.43. The number of rotatable bonds is 5. The molecule has 2 aromatic heterocycles. The third-order valence-electron chi connectivity index (χ3n) is 3.93. The standard InChI is InChI=1S/C18H15N7OS/c1-24-17(14-5-7-20-8-6-14)21-22-18(24)27-12-25-11-16(26-23-25)15-4-2-3-13(9-15)10-19/h2-9,11,23H,12H2,1H3. The van der Waals surface area contributed by atoms with E-state index in [2.05, 4.69) is 26.8 Å². The highest BCUT2D eigenvalue weighted by atomic mass is 32.2. The minimum atomic E-state index is 0.573. The van der Waals surface area contributed by atoms with E-state index in [9.17, 15) is 0 Å². The number of hydrogen-bond acceptors (Lipinski definition) is 8. The van der Waals surface area contributed by atoms with Gasteiger partial charge in [0.1, 0.15) is 0 Å². The third kappa shape index (κ3) is 3.62. The molecule has 0 fully saturated rings. The monoisotopic (exact) mass is 377 g/mol. The predicted octanol–water partition coefficient (Wildman–Crippen LogP) is 2.55. The lowest BCUT2D eigenvalue weighted by molar-refractivity contribution is 0.0607. The van der Waals surface area contributed by atoms with Crippen LogP contribution in [0.4, 0.5) is 0 Å². The Morgan fingerprint density at radius 3 is 2.85 bits per heavy atom. The fraction of sp³-hybridized carbons (Fsp3) is 0.111. The Morgan fingerprint density at radius 2 is 2.04 bits per heavy atom. The van der Waals surface area contributed by atoms with E-state index in [0.717, 1.165) is 22.1 Å². The van der Waals surface area contributed by atoms with Crippen LogP contribution in [0.2, 0.25) is 0 Å². The van der Waals surface area contributed by atoms with Gasteiger partial charge in [0.05, 0.1) is 23.7 Å². The summed E-state index contributed by atoms with van der Waals surface area (Å²) in [6.07, 6.45) is 5.32. The number of nitrogens with one attached hydrogen (secondary N) is 1. The Bertz CT molecular complexity index is 1030. The topological polar surface area (TPSA) is 91.9 Å². The Morgan fingerprint density at radius 1 is 1.19 bits per heavy atom. The van der Waals surface area contributed by atoms with E-state index in [4.69, 9.17) is 10.1 Å². The Kier molecular flexibility index (Phi) is 4.74. The van der Waals surface area contributed by atoms with Gasteiger partial charge in [-0.15, -0.1) is 10.2 Å². The molecular weight excluding hydrogens is 362 g/mol. The highest BCUT2D eigenvalue weighted by Gasteiger charge is 2.18. The van der Waals surface area contributed by atoms with Crippen LogP contribution in [0, 0.1) is 11.3 Å². The molecule has 0 saturated heterocycles. The molecule has 0 bridgehead atoms. The fourth-order valence-electron chi connectivity index (χ4n) is 2.56. The average molecular weight is 377 g/mol. The first kappa shape index (κ1) is 17.1. The van der Waals surface area contributed by atoms with Crippen molar-refractivity contribution in [2.75, 3.05) is 5.88 Å². The van der Waals surface area contributed by atoms with Crippen LogP contribution >= 0.6 is 11.8 Å². The molecule has 27 heavy (non-hydrogen) atoms. The predicted molar refractivity (Wildman–Crippen MR) is 100 cm³/mol. The van der Waals surface area contributed by atoms with Crippen LogP contribution in [0.15, 0.2) is 60.1 Å². The van der Waals surface area contributed by atoms with E-state index in [-0.39, 0.29) is 0 Å². The summed E-state index contributed by atoms with van der Waals surface area (Å²) in [4.78, 5) is 9.53. The molecule has 0 saturated carbocycles. The van der Waals surface area contributed by atoms with Gasteiger partial charge >= 0.3 is 0 Å². The fourth-order valence-corrected chi connectivity index (χ4v) is 3.32. The molecule has 0 spiro atoms. The minimum Gasteiger partial charge on any atom is -0.387 e. The molecule has 0 radical (unpaired) electrons. The van der Waals surface area contributed by atoms with Gasteiger partial charge in [-0.3, -0.25) is 9.99 Å². The summed E-state index contributed by atoms with van der Waals surface area (Å²) in [6, 6.07) is 13.2. The molecule has 134 valence electrons. The zero-order valence-electron chi connectivity index (χ0n) is 14.4. The Hall–Kier alpha value is -3.35. The van der Waals surface area contributed by atoms with Gasteiger partial charge < -0.3 is 9.40 Å². The van der Waals surface area contributed by atoms with E-state index in [1.807, 2.05) is 42.1 Å². The number of hydrogen-bond donors (Lipinski definition) is 1. The third-order valence-corrected chi connectivity index (χ3v) is 4.95. The summed E-state index contributed by atoms with van der Waals surface area (Å²) >= 11 is 1.52. The summed E-state index contributed by atoms with van der Waals surface area (Å²) in [7, 11) is 1.93. The van der Waals surface area contributed by atoms with Crippen molar-refractivity contribution in [3.8, 4) is 17.5 Å². The summed E-state index contributed by atoms with van der Waals surface area (Å²) in [6.45, 7) is 0. The molecular formula is C18H15N7OS. The minimum absolute atomic E-state index is 0.573. The highest BCUT2D eigenvalue weighted by Crippen LogP contribution is 2.25. The van der Waals surface area contributed by atoms with Crippen LogP contribution in [0.3, 0.4) is 0 Å². The molecule has 9 heteroatoms. The zero-order valence-corrected chi connectivity index (χ0v) is 15.2. The summed E-state index contributed by atoms with van der Waals surface area (Å²) in [5.41, 5.74) is 5.24. The van der Waals surface area contributed by atoms with E-state index in [1.165, 1.54) is 11.8 Å². The number of nitriles is 1. The summed E-state index contributed by atoms with van der Waals surface area (Å²) < 4.78 is 1.94. The summed E-state index contributed by atoms with van der Waals surface area (Å²) in [5.74, 6) is 2.02. The van der Waals surface area contributed by atoms with E-state index >= 15 is 0 Å². The van der Waals surface area contributed by atoms with Crippen molar-refractivity contribution in [1.29, 1.82) is 5.26 Å². The van der Waals surface area contributed by atoms with Crippen LogP contribution in [-0.2, 0) is 11.9 Å². The summed E-state index contributed by atoms with van der Waals surface area (Å²) in [5, 5.41) is 20.1. The van der Waals surface area contributed by atoms with E-state index < -0.39 is 0 Å². The van der Waals surface area contributed by atoms with Gasteiger partial charge in [0.2, 0.25) is 0 Å². The van der Waals surface area contributed by atoms with Crippen molar-refractivity contribution in [2.45, 2.75) is 5.16 Å². The van der Waals surface area contributed by atoms with Gasteiger partial charge in [0.25, 0.3) is 0 Å². The number of aromatic nitrogens is 4. The number of benzene rings is 1. The second-order valence-electron chi connectivity index (χ2n) is 5.72. The lowest BCUT2D eigenvalue weighted by atomic mass is 10.1. The number of thioether (sulfide) groups is 1. The average Bonchev–Trinajstić information content (AvgIpc) is 3.34. The second kappa shape index (κ2) is 7.49. The molecule has 3 heterocycles. The first-order valence-electron chi connectivity index (χ1n) is 8.08. The van der Waals surface area contributed by atoms with Crippen molar-refractivity contribution in [2.24, 2.45) is 7.05 Å². The van der Waals surface area contributed by atoms with Gasteiger partial charge in [0, 0.05) is 30.6 Å².